The molecule has 0 saturated heterocycles. The van der Waals surface area contributed by atoms with Crippen LogP contribution in [0.4, 0.5) is 4.39 Å². The smallest absolute Gasteiger partial charge is 0.124 e. The Hall–Kier alpha value is -1.96. The molecule has 108 valence electrons. The van der Waals surface area contributed by atoms with E-state index >= 15 is 0 Å². The molecule has 0 unspecified atom stereocenters. The van der Waals surface area contributed by atoms with E-state index in [0.29, 0.717) is 11.3 Å². The normalized spacial score (nSPS) is 9.86. The predicted molar refractivity (Wildman–Crippen MR) is 84.9 cm³/mol. The van der Waals surface area contributed by atoms with Gasteiger partial charge in [0.15, 0.2) is 0 Å². The second-order valence-corrected chi connectivity index (χ2v) is 5.37. The molecule has 0 aliphatic heterocycles. The standard InChI is InChI=1S/C17H16FNOS/c1-20-16-5-2-6-17(11-16)21-12-14-8-13(4-3-7-19)9-15(18)10-14/h2,5-6,8-11H,7,12,19H2,1H3. The predicted octanol–water partition coefficient (Wildman–Crippen LogP) is 3.44. The Morgan fingerprint density at radius 2 is 2.10 bits per heavy atom. The molecule has 2 rings (SSSR count). The molecular formula is C17H16FNOS. The highest BCUT2D eigenvalue weighted by molar-refractivity contribution is 7.98. The average molecular weight is 301 g/mol. The minimum Gasteiger partial charge on any atom is -0.497 e. The van der Waals surface area contributed by atoms with Crippen LogP contribution in [-0.2, 0) is 5.75 Å². The molecule has 0 spiro atoms. The highest BCUT2D eigenvalue weighted by atomic mass is 32.2. The van der Waals surface area contributed by atoms with Crippen LogP contribution < -0.4 is 10.5 Å². The Bertz CT molecular complexity index is 676. The third-order valence-corrected chi connectivity index (χ3v) is 3.80. The first-order chi connectivity index (χ1) is 10.2. The second kappa shape index (κ2) is 7.72. The number of hydrogen-bond acceptors (Lipinski definition) is 3. The minimum absolute atomic E-state index is 0.268. The molecule has 0 aliphatic carbocycles. The molecule has 2 aromatic rings. The Labute approximate surface area is 128 Å². The van der Waals surface area contributed by atoms with Crippen LogP contribution in [-0.4, -0.2) is 13.7 Å². The van der Waals surface area contributed by atoms with Gasteiger partial charge in [-0.1, -0.05) is 17.9 Å². The molecule has 0 radical (unpaired) electrons. The lowest BCUT2D eigenvalue weighted by Gasteiger charge is -2.05. The van der Waals surface area contributed by atoms with Gasteiger partial charge in [-0.2, -0.15) is 0 Å². The highest BCUT2D eigenvalue weighted by Crippen LogP contribution is 2.26. The van der Waals surface area contributed by atoms with Gasteiger partial charge in [0, 0.05) is 16.2 Å². The van der Waals surface area contributed by atoms with Crippen molar-refractivity contribution < 1.29 is 9.13 Å². The van der Waals surface area contributed by atoms with Crippen LogP contribution in [0.3, 0.4) is 0 Å². The fourth-order valence-electron chi connectivity index (χ4n) is 1.82. The Balaban J connectivity index is 2.10. The molecule has 0 aliphatic rings. The van der Waals surface area contributed by atoms with Crippen molar-refractivity contribution in [3.05, 3.63) is 59.4 Å². The van der Waals surface area contributed by atoms with Gasteiger partial charge in [-0.15, -0.1) is 11.8 Å². The van der Waals surface area contributed by atoms with Gasteiger partial charge in [0.05, 0.1) is 13.7 Å². The summed E-state index contributed by atoms with van der Waals surface area (Å²) in [5.41, 5.74) is 6.88. The fourth-order valence-corrected chi connectivity index (χ4v) is 2.69. The number of benzene rings is 2. The maximum absolute atomic E-state index is 13.6. The molecule has 4 heteroatoms. The Morgan fingerprint density at radius 3 is 2.86 bits per heavy atom. The van der Waals surface area contributed by atoms with E-state index in [9.17, 15) is 4.39 Å². The molecule has 0 aromatic heterocycles. The summed E-state index contributed by atoms with van der Waals surface area (Å²) >= 11 is 1.62. The Kier molecular flexibility index (Phi) is 5.68. The van der Waals surface area contributed by atoms with E-state index in [1.165, 1.54) is 12.1 Å². The van der Waals surface area contributed by atoms with Crippen molar-refractivity contribution in [1.82, 2.24) is 0 Å². The van der Waals surface area contributed by atoms with Crippen LogP contribution in [0.2, 0.25) is 0 Å². The molecule has 2 nitrogen and oxygen atoms in total. The molecule has 0 bridgehead atoms. The quantitative estimate of drug-likeness (QED) is 0.694. The van der Waals surface area contributed by atoms with Crippen molar-refractivity contribution >= 4 is 11.8 Å². The molecular weight excluding hydrogens is 285 g/mol. The lowest BCUT2D eigenvalue weighted by atomic mass is 10.1. The van der Waals surface area contributed by atoms with Crippen molar-refractivity contribution in [2.24, 2.45) is 5.73 Å². The number of thioether (sulfide) groups is 1. The van der Waals surface area contributed by atoms with E-state index in [1.807, 2.05) is 30.3 Å². The van der Waals surface area contributed by atoms with E-state index < -0.39 is 0 Å². The average Bonchev–Trinajstić information content (AvgIpc) is 2.50. The van der Waals surface area contributed by atoms with Crippen molar-refractivity contribution in [3.63, 3.8) is 0 Å². The lowest BCUT2D eigenvalue weighted by molar-refractivity contribution is 0.413. The third kappa shape index (κ3) is 4.82. The SMILES string of the molecule is COc1cccc(SCc2cc(F)cc(C#CCN)c2)c1. The number of halogens is 1. The number of nitrogens with two attached hydrogens (primary N) is 1. The first-order valence-corrected chi connectivity index (χ1v) is 7.45. The van der Waals surface area contributed by atoms with Crippen LogP contribution in [0.25, 0.3) is 0 Å². The molecule has 0 amide bonds. The number of methoxy groups -OCH3 is 1. The van der Waals surface area contributed by atoms with Crippen molar-refractivity contribution in [2.45, 2.75) is 10.6 Å². The van der Waals surface area contributed by atoms with E-state index in [0.717, 1.165) is 16.2 Å². The molecule has 0 fully saturated rings. The van der Waals surface area contributed by atoms with Gasteiger partial charge in [-0.3, -0.25) is 0 Å². The highest BCUT2D eigenvalue weighted by Gasteiger charge is 2.02. The first kappa shape index (κ1) is 15.4. The topological polar surface area (TPSA) is 35.2 Å². The van der Waals surface area contributed by atoms with Crippen molar-refractivity contribution in [2.75, 3.05) is 13.7 Å². The van der Waals surface area contributed by atoms with E-state index in [4.69, 9.17) is 10.5 Å². The van der Waals surface area contributed by atoms with Gasteiger partial charge in [0.25, 0.3) is 0 Å². The zero-order chi connectivity index (χ0) is 15.1. The van der Waals surface area contributed by atoms with Crippen molar-refractivity contribution in [1.29, 1.82) is 0 Å². The molecule has 0 saturated carbocycles. The van der Waals surface area contributed by atoms with E-state index in [-0.39, 0.29) is 12.4 Å². The van der Waals surface area contributed by atoms with Crippen LogP contribution in [0.5, 0.6) is 5.75 Å². The molecule has 21 heavy (non-hydrogen) atoms. The van der Waals surface area contributed by atoms with E-state index in [2.05, 4.69) is 11.8 Å². The minimum atomic E-state index is -0.278. The van der Waals surface area contributed by atoms with Crippen LogP contribution in [0.15, 0.2) is 47.4 Å². The summed E-state index contributed by atoms with van der Waals surface area (Å²) in [7, 11) is 1.64. The summed E-state index contributed by atoms with van der Waals surface area (Å²) in [6.45, 7) is 0.268. The maximum Gasteiger partial charge on any atom is 0.124 e. The monoisotopic (exact) mass is 301 g/mol. The summed E-state index contributed by atoms with van der Waals surface area (Å²) in [4.78, 5) is 1.08. The zero-order valence-corrected chi connectivity index (χ0v) is 12.5. The van der Waals surface area contributed by atoms with Gasteiger partial charge in [-0.05, 0) is 42.0 Å². The summed E-state index contributed by atoms with van der Waals surface area (Å²) in [5.74, 6) is 6.80. The van der Waals surface area contributed by atoms with Gasteiger partial charge in [-0.25, -0.2) is 4.39 Å². The van der Waals surface area contributed by atoms with Gasteiger partial charge in [0.2, 0.25) is 0 Å². The van der Waals surface area contributed by atoms with Gasteiger partial charge >= 0.3 is 0 Å². The van der Waals surface area contributed by atoms with Crippen LogP contribution in [0.1, 0.15) is 11.1 Å². The summed E-state index contributed by atoms with van der Waals surface area (Å²) in [6.07, 6.45) is 0. The third-order valence-electron chi connectivity index (χ3n) is 2.74. The lowest BCUT2D eigenvalue weighted by Crippen LogP contribution is -1.93. The zero-order valence-electron chi connectivity index (χ0n) is 11.7. The molecule has 0 heterocycles. The molecule has 2 aromatic carbocycles. The number of rotatable bonds is 4. The van der Waals surface area contributed by atoms with Crippen LogP contribution in [0, 0.1) is 17.7 Å². The number of hydrogen-bond donors (Lipinski definition) is 1. The summed E-state index contributed by atoms with van der Waals surface area (Å²) in [5, 5.41) is 0. The van der Waals surface area contributed by atoms with Crippen molar-refractivity contribution in [3.8, 4) is 17.6 Å². The summed E-state index contributed by atoms with van der Waals surface area (Å²) < 4.78 is 18.8. The van der Waals surface area contributed by atoms with Gasteiger partial charge < -0.3 is 10.5 Å². The Morgan fingerprint density at radius 1 is 1.24 bits per heavy atom. The first-order valence-electron chi connectivity index (χ1n) is 6.46. The summed E-state index contributed by atoms with van der Waals surface area (Å²) in [6, 6.07) is 12.6. The molecule has 0 atom stereocenters. The van der Waals surface area contributed by atoms with E-state index in [1.54, 1.807) is 18.9 Å². The van der Waals surface area contributed by atoms with Crippen LogP contribution >= 0.6 is 11.8 Å². The van der Waals surface area contributed by atoms with Gasteiger partial charge in [0.1, 0.15) is 11.6 Å². The molecule has 2 N–H and O–H groups in total. The maximum atomic E-state index is 13.6. The number of ether oxygens (including phenoxy) is 1. The second-order valence-electron chi connectivity index (χ2n) is 4.32. The fraction of sp³-hybridized carbons (Fsp3) is 0.176. The largest absolute Gasteiger partial charge is 0.497 e.